The number of methoxy groups -OCH3 is 1. The molecule has 0 bridgehead atoms. The van der Waals surface area contributed by atoms with Gasteiger partial charge in [0.05, 0.1) is 30.8 Å². The van der Waals surface area contributed by atoms with Gasteiger partial charge in [0.25, 0.3) is 0 Å². The molecule has 2 aromatic rings. The number of hydrogen-bond acceptors (Lipinski definition) is 6. The summed E-state index contributed by atoms with van der Waals surface area (Å²) >= 11 is 0. The van der Waals surface area contributed by atoms with Gasteiger partial charge in [0.2, 0.25) is 5.91 Å². The minimum Gasteiger partial charge on any atom is -0.495 e. The molecule has 1 N–H and O–H groups in total. The monoisotopic (exact) mass is 420 g/mol. The van der Waals surface area contributed by atoms with Crippen molar-refractivity contribution < 1.29 is 22.7 Å². The predicted molar refractivity (Wildman–Crippen MR) is 113 cm³/mol. The molecule has 0 radical (unpaired) electrons. The van der Waals surface area contributed by atoms with Crippen LogP contribution < -0.4 is 14.8 Å². The van der Waals surface area contributed by atoms with Crippen molar-refractivity contribution in [1.29, 1.82) is 0 Å². The fourth-order valence-corrected chi connectivity index (χ4v) is 3.38. The number of nitrogens with zero attached hydrogens (tertiary/aromatic N) is 1. The highest BCUT2D eigenvalue weighted by atomic mass is 32.2. The maximum Gasteiger partial charge on any atom is 0.238 e. The number of sulfone groups is 1. The molecule has 0 aliphatic heterocycles. The summed E-state index contributed by atoms with van der Waals surface area (Å²) in [6, 6.07) is 13.7. The van der Waals surface area contributed by atoms with E-state index in [-0.39, 0.29) is 17.3 Å². The Hall–Kier alpha value is -2.58. The van der Waals surface area contributed by atoms with Gasteiger partial charge in [-0.2, -0.15) is 0 Å². The lowest BCUT2D eigenvalue weighted by Crippen LogP contribution is -2.34. The third-order valence-electron chi connectivity index (χ3n) is 4.33. The number of carbonyl (C=O) groups is 1. The molecule has 8 heteroatoms. The lowest BCUT2D eigenvalue weighted by atomic mass is 10.3. The average molecular weight is 421 g/mol. The molecule has 0 saturated carbocycles. The van der Waals surface area contributed by atoms with Gasteiger partial charge in [0.15, 0.2) is 9.84 Å². The van der Waals surface area contributed by atoms with Crippen LogP contribution in [0.1, 0.15) is 13.3 Å². The third-order valence-corrected chi connectivity index (χ3v) is 5.46. The Morgan fingerprint density at radius 2 is 1.79 bits per heavy atom. The van der Waals surface area contributed by atoms with Gasteiger partial charge < -0.3 is 14.8 Å². The lowest BCUT2D eigenvalue weighted by molar-refractivity contribution is -0.117. The van der Waals surface area contributed by atoms with Gasteiger partial charge in [-0.05, 0) is 49.4 Å². The van der Waals surface area contributed by atoms with Crippen molar-refractivity contribution in [2.24, 2.45) is 0 Å². The number of carbonyl (C=O) groups excluding carboxylic acids is 1. The topological polar surface area (TPSA) is 84.9 Å². The highest BCUT2D eigenvalue weighted by Gasteiger charge is 2.11. The van der Waals surface area contributed by atoms with Crippen LogP contribution in [0.5, 0.6) is 11.5 Å². The molecule has 0 heterocycles. The van der Waals surface area contributed by atoms with Gasteiger partial charge in [-0.15, -0.1) is 0 Å². The Kier molecular flexibility index (Phi) is 8.48. The second kappa shape index (κ2) is 10.8. The van der Waals surface area contributed by atoms with Crippen molar-refractivity contribution in [3.8, 4) is 11.5 Å². The highest BCUT2D eigenvalue weighted by Crippen LogP contribution is 2.22. The molecule has 0 aliphatic carbocycles. The number of hydrogen-bond donors (Lipinski definition) is 1. The van der Waals surface area contributed by atoms with Crippen LogP contribution in [-0.4, -0.2) is 58.8 Å². The van der Waals surface area contributed by atoms with E-state index in [1.807, 2.05) is 24.0 Å². The third kappa shape index (κ3) is 7.40. The Labute approximate surface area is 172 Å². The van der Waals surface area contributed by atoms with Crippen LogP contribution in [-0.2, 0) is 14.6 Å². The van der Waals surface area contributed by atoms with E-state index in [1.165, 1.54) is 18.4 Å². The van der Waals surface area contributed by atoms with Crippen molar-refractivity contribution in [1.82, 2.24) is 4.90 Å². The Morgan fingerprint density at radius 1 is 1.10 bits per heavy atom. The molecule has 0 saturated heterocycles. The van der Waals surface area contributed by atoms with Crippen LogP contribution in [0.2, 0.25) is 0 Å². The van der Waals surface area contributed by atoms with Crippen molar-refractivity contribution in [2.45, 2.75) is 18.2 Å². The first kappa shape index (κ1) is 22.7. The summed E-state index contributed by atoms with van der Waals surface area (Å²) in [6.45, 7) is 4.20. The summed E-state index contributed by atoms with van der Waals surface area (Å²) in [7, 11) is -1.64. The molecule has 29 heavy (non-hydrogen) atoms. The number of amides is 1. The number of ether oxygens (including phenoxy) is 2. The van der Waals surface area contributed by atoms with Crippen molar-refractivity contribution in [2.75, 3.05) is 44.9 Å². The summed E-state index contributed by atoms with van der Waals surface area (Å²) in [4.78, 5) is 14.6. The van der Waals surface area contributed by atoms with Gasteiger partial charge in [-0.1, -0.05) is 19.1 Å². The van der Waals surface area contributed by atoms with E-state index in [4.69, 9.17) is 9.47 Å². The first-order chi connectivity index (χ1) is 13.8. The molecule has 0 aromatic heterocycles. The van der Waals surface area contributed by atoms with E-state index in [2.05, 4.69) is 5.32 Å². The molecule has 0 aliphatic rings. The number of para-hydroxylation sites is 2. The van der Waals surface area contributed by atoms with Crippen LogP contribution in [0, 0.1) is 0 Å². The molecule has 7 nitrogen and oxygen atoms in total. The molecule has 0 spiro atoms. The van der Waals surface area contributed by atoms with E-state index in [0.717, 1.165) is 13.0 Å². The van der Waals surface area contributed by atoms with Gasteiger partial charge >= 0.3 is 0 Å². The van der Waals surface area contributed by atoms with Crippen LogP contribution in [0.15, 0.2) is 53.4 Å². The summed E-state index contributed by atoms with van der Waals surface area (Å²) in [5, 5.41) is 2.87. The van der Waals surface area contributed by atoms with Crippen molar-refractivity contribution >= 4 is 21.4 Å². The van der Waals surface area contributed by atoms with E-state index >= 15 is 0 Å². The van der Waals surface area contributed by atoms with E-state index in [1.54, 1.807) is 31.4 Å². The minimum atomic E-state index is -3.21. The zero-order valence-corrected chi connectivity index (χ0v) is 17.9. The zero-order valence-electron chi connectivity index (χ0n) is 17.1. The van der Waals surface area contributed by atoms with Crippen molar-refractivity contribution in [3.63, 3.8) is 0 Å². The second-order valence-corrected chi connectivity index (χ2v) is 8.58. The number of anilines is 1. The Morgan fingerprint density at radius 3 is 2.41 bits per heavy atom. The maximum atomic E-state index is 12.3. The molecule has 2 aromatic carbocycles. The van der Waals surface area contributed by atoms with Crippen LogP contribution in [0.25, 0.3) is 0 Å². The zero-order chi connectivity index (χ0) is 21.3. The van der Waals surface area contributed by atoms with E-state index in [0.29, 0.717) is 30.3 Å². The number of rotatable bonds is 11. The maximum absolute atomic E-state index is 12.3. The molecule has 0 fully saturated rings. The molecule has 2 rings (SSSR count). The number of benzene rings is 2. The second-order valence-electron chi connectivity index (χ2n) is 6.56. The van der Waals surface area contributed by atoms with E-state index < -0.39 is 9.84 Å². The fourth-order valence-electron chi connectivity index (χ4n) is 2.75. The summed E-state index contributed by atoms with van der Waals surface area (Å²) in [5.41, 5.74) is 0.650. The van der Waals surface area contributed by atoms with Crippen LogP contribution >= 0.6 is 0 Å². The SMILES string of the molecule is CCN(CCCOc1ccc(S(C)(=O)=O)cc1)CC(=O)Nc1ccccc1OC. The van der Waals surface area contributed by atoms with Gasteiger partial charge in [0.1, 0.15) is 11.5 Å². The van der Waals surface area contributed by atoms with Gasteiger partial charge in [-0.25, -0.2) is 8.42 Å². The van der Waals surface area contributed by atoms with Gasteiger partial charge in [-0.3, -0.25) is 9.69 Å². The molecule has 0 unspecified atom stereocenters. The molecular weight excluding hydrogens is 392 g/mol. The quantitative estimate of drug-likeness (QED) is 0.563. The van der Waals surface area contributed by atoms with E-state index in [9.17, 15) is 13.2 Å². The first-order valence-corrected chi connectivity index (χ1v) is 11.3. The normalized spacial score (nSPS) is 11.3. The molecule has 158 valence electrons. The minimum absolute atomic E-state index is 0.103. The Balaban J connectivity index is 1.76. The van der Waals surface area contributed by atoms with Crippen molar-refractivity contribution in [3.05, 3.63) is 48.5 Å². The fraction of sp³-hybridized carbons (Fsp3) is 0.381. The Bertz CT molecular complexity index is 898. The first-order valence-electron chi connectivity index (χ1n) is 9.41. The number of likely N-dealkylation sites (N-methyl/N-ethyl adjacent to an activating group) is 1. The molecule has 1 amide bonds. The highest BCUT2D eigenvalue weighted by molar-refractivity contribution is 7.90. The lowest BCUT2D eigenvalue weighted by Gasteiger charge is -2.20. The molecule has 0 atom stereocenters. The average Bonchev–Trinajstić information content (AvgIpc) is 2.70. The summed E-state index contributed by atoms with van der Waals surface area (Å²) in [5.74, 6) is 1.14. The smallest absolute Gasteiger partial charge is 0.238 e. The summed E-state index contributed by atoms with van der Waals surface area (Å²) in [6.07, 6.45) is 1.91. The molecular formula is C21H28N2O5S. The largest absolute Gasteiger partial charge is 0.495 e. The summed E-state index contributed by atoms with van der Waals surface area (Å²) < 4.78 is 33.8. The number of nitrogens with one attached hydrogen (secondary N) is 1. The van der Waals surface area contributed by atoms with Crippen LogP contribution in [0.4, 0.5) is 5.69 Å². The van der Waals surface area contributed by atoms with Crippen LogP contribution in [0.3, 0.4) is 0 Å². The predicted octanol–water partition coefficient (Wildman–Crippen LogP) is 2.83. The standard InChI is InChI=1S/C21H28N2O5S/c1-4-23(16-21(24)22-19-8-5-6-9-20(19)27-2)14-7-15-28-17-10-12-18(13-11-17)29(3,25)26/h5-6,8-13H,4,7,14-16H2,1-3H3,(H,22,24). The van der Waals surface area contributed by atoms with Gasteiger partial charge in [0, 0.05) is 12.8 Å².